The molecule has 3 aliphatic heterocycles. The lowest BCUT2D eigenvalue weighted by atomic mass is 9.70. The Morgan fingerprint density at radius 1 is 1.13 bits per heavy atom. The Bertz CT molecular complexity index is 1510. The number of aliphatic hydroxyl groups is 1. The topological polar surface area (TPSA) is 125 Å². The van der Waals surface area contributed by atoms with Crippen LogP contribution in [0.5, 0.6) is 0 Å². The average molecular weight is 644 g/mol. The van der Waals surface area contributed by atoms with Gasteiger partial charge in [-0.25, -0.2) is 0 Å². The fourth-order valence-electron chi connectivity index (χ4n) is 7.64. The lowest BCUT2D eigenvalue weighted by molar-refractivity contribution is -0.161. The highest BCUT2D eigenvalue weighted by Gasteiger charge is 2.75. The van der Waals surface area contributed by atoms with Crippen molar-refractivity contribution < 1.29 is 33.8 Å². The second-order valence-corrected chi connectivity index (χ2v) is 12.8. The maximum absolute atomic E-state index is 14.8. The van der Waals surface area contributed by atoms with Crippen molar-refractivity contribution in [2.45, 2.75) is 76.3 Å². The summed E-state index contributed by atoms with van der Waals surface area (Å²) in [5, 5.41) is 13.1. The first-order valence-corrected chi connectivity index (χ1v) is 16.3. The third kappa shape index (κ3) is 6.24. The molecule has 0 aromatic heterocycles. The highest BCUT2D eigenvalue weighted by Crippen LogP contribution is 2.59. The van der Waals surface area contributed by atoms with Crippen LogP contribution in [0.25, 0.3) is 0 Å². The lowest BCUT2D eigenvalue weighted by Gasteiger charge is -2.39. The molecule has 3 heterocycles. The number of amides is 3. The van der Waals surface area contributed by atoms with E-state index in [4.69, 9.17) is 9.47 Å². The third-order valence-corrected chi connectivity index (χ3v) is 9.76. The first-order chi connectivity index (χ1) is 22.6. The first-order valence-electron chi connectivity index (χ1n) is 16.3. The summed E-state index contributed by atoms with van der Waals surface area (Å²) in [7, 11) is 0. The van der Waals surface area contributed by atoms with E-state index in [2.05, 4.69) is 18.5 Å². The van der Waals surface area contributed by atoms with E-state index in [1.807, 2.05) is 62.4 Å². The van der Waals surface area contributed by atoms with E-state index in [1.54, 1.807) is 24.0 Å². The minimum absolute atomic E-state index is 0.0504. The van der Waals surface area contributed by atoms with Gasteiger partial charge in [0.2, 0.25) is 11.8 Å². The molecule has 2 aromatic rings. The molecule has 3 aliphatic rings. The van der Waals surface area contributed by atoms with Gasteiger partial charge < -0.3 is 29.7 Å². The van der Waals surface area contributed by atoms with Crippen molar-refractivity contribution in [3.8, 4) is 0 Å². The predicted octanol–water partition coefficient (Wildman–Crippen LogP) is 3.94. The van der Waals surface area contributed by atoms with Gasteiger partial charge in [-0.2, -0.15) is 0 Å². The minimum atomic E-state index is -1.27. The number of hydrogen-bond acceptors (Lipinski definition) is 7. The predicted molar refractivity (Wildman–Crippen MR) is 177 cm³/mol. The number of rotatable bonds is 14. The van der Waals surface area contributed by atoms with Crippen LogP contribution < -0.4 is 10.2 Å². The van der Waals surface area contributed by atoms with Crippen LogP contribution in [0.2, 0.25) is 0 Å². The van der Waals surface area contributed by atoms with Crippen molar-refractivity contribution in [3.05, 3.63) is 90.5 Å². The Morgan fingerprint density at radius 3 is 2.47 bits per heavy atom. The van der Waals surface area contributed by atoms with Crippen LogP contribution in [0.4, 0.5) is 5.69 Å². The van der Waals surface area contributed by atoms with Crippen molar-refractivity contribution in [2.75, 3.05) is 24.6 Å². The molecule has 0 saturated carbocycles. The molecule has 2 N–H and O–H groups in total. The van der Waals surface area contributed by atoms with Crippen molar-refractivity contribution >= 4 is 29.4 Å². The zero-order valence-corrected chi connectivity index (χ0v) is 27.4. The molecule has 3 fully saturated rings. The molecule has 10 heteroatoms. The number of anilines is 1. The van der Waals surface area contributed by atoms with E-state index < -0.39 is 53.6 Å². The quantitative estimate of drug-likeness (QED) is 0.236. The number of likely N-dealkylation sites (tertiary alicyclic amines) is 1. The standard InChI is InChI=1S/C37H45N3O7/c1-6-8-17-29(42)38-21-28(26-15-10-9-11-16-26)46-36(45)30-27-18-19-37(47-27)31(30)34(43)40(25(5)22-41)33(37)35(44)39(20-7-2)32-23(3)13-12-14-24(32)4/h6-7,9-16,25,27-28,30-31,33,41H,1-2,8,17-22H2,3-5H3,(H,38,42)/t25-,27-,28+,30+,31+,33-,37+/m1/s1. The molecule has 2 bridgehead atoms. The zero-order valence-electron chi connectivity index (χ0n) is 27.4. The molecular formula is C37H45N3O7. The summed E-state index contributed by atoms with van der Waals surface area (Å²) < 4.78 is 12.7. The summed E-state index contributed by atoms with van der Waals surface area (Å²) in [5.74, 6) is -3.51. The van der Waals surface area contributed by atoms with Gasteiger partial charge >= 0.3 is 5.97 Å². The Balaban J connectivity index is 1.48. The summed E-state index contributed by atoms with van der Waals surface area (Å²) in [4.78, 5) is 58.8. The molecule has 7 atom stereocenters. The molecule has 47 heavy (non-hydrogen) atoms. The summed E-state index contributed by atoms with van der Waals surface area (Å²) in [6, 6.07) is 13.1. The number of nitrogens with zero attached hydrogens (tertiary/aromatic N) is 2. The van der Waals surface area contributed by atoms with Crippen LogP contribution in [0.1, 0.15) is 55.4 Å². The number of benzene rings is 2. The molecule has 5 rings (SSSR count). The van der Waals surface area contributed by atoms with Gasteiger partial charge in [-0.1, -0.05) is 60.7 Å². The molecular weight excluding hydrogens is 598 g/mol. The zero-order chi connectivity index (χ0) is 33.9. The number of esters is 1. The van der Waals surface area contributed by atoms with Gasteiger partial charge in [0, 0.05) is 18.7 Å². The van der Waals surface area contributed by atoms with E-state index in [-0.39, 0.29) is 37.9 Å². The van der Waals surface area contributed by atoms with E-state index in [9.17, 15) is 24.3 Å². The van der Waals surface area contributed by atoms with E-state index in [0.29, 0.717) is 24.8 Å². The number of nitrogens with one attached hydrogen (secondary N) is 1. The normalized spacial score (nSPS) is 25.5. The van der Waals surface area contributed by atoms with Crippen LogP contribution in [0, 0.1) is 25.7 Å². The highest BCUT2D eigenvalue weighted by atomic mass is 16.6. The molecule has 0 unspecified atom stereocenters. The van der Waals surface area contributed by atoms with E-state index in [0.717, 1.165) is 16.8 Å². The summed E-state index contributed by atoms with van der Waals surface area (Å²) in [5.41, 5.74) is 1.93. The minimum Gasteiger partial charge on any atom is -0.455 e. The van der Waals surface area contributed by atoms with E-state index in [1.165, 1.54) is 4.90 Å². The van der Waals surface area contributed by atoms with Gasteiger partial charge in [-0.15, -0.1) is 13.2 Å². The van der Waals surface area contributed by atoms with Crippen molar-refractivity contribution in [3.63, 3.8) is 0 Å². The molecule has 10 nitrogen and oxygen atoms in total. The highest BCUT2D eigenvalue weighted by molar-refractivity contribution is 6.05. The second kappa shape index (κ2) is 14.2. The number of aliphatic hydroxyl groups excluding tert-OH is 1. The van der Waals surface area contributed by atoms with Crippen LogP contribution in [0.3, 0.4) is 0 Å². The largest absolute Gasteiger partial charge is 0.455 e. The monoisotopic (exact) mass is 643 g/mol. The Morgan fingerprint density at radius 2 is 1.83 bits per heavy atom. The SMILES string of the molecule is C=CCCC(=O)NC[C@H](OC(=O)[C@@H]1[C@H]2C(=O)N([C@H](C)CO)[C@H](C(=O)N(CC=C)c3c(C)cccc3C)[C@]23CC[C@H]1O3)c1ccccc1. The fraction of sp³-hybridized carbons (Fsp3) is 0.459. The summed E-state index contributed by atoms with van der Waals surface area (Å²) in [6.45, 7) is 13.0. The number of para-hydroxylation sites is 1. The lowest BCUT2D eigenvalue weighted by Crippen LogP contribution is -2.58. The number of aryl methyl sites for hydroxylation is 2. The molecule has 1 spiro atoms. The molecule has 0 aliphatic carbocycles. The van der Waals surface area contributed by atoms with Crippen LogP contribution in [0.15, 0.2) is 73.8 Å². The Labute approximate surface area is 276 Å². The number of hydrogen-bond donors (Lipinski definition) is 2. The maximum atomic E-state index is 14.8. The number of fused-ring (bicyclic) bond motifs is 1. The van der Waals surface area contributed by atoms with Crippen LogP contribution >= 0.6 is 0 Å². The molecule has 2 aromatic carbocycles. The third-order valence-electron chi connectivity index (χ3n) is 9.76. The average Bonchev–Trinajstić information content (AvgIpc) is 3.72. The Hall–Kier alpha value is -4.28. The van der Waals surface area contributed by atoms with Crippen molar-refractivity contribution in [1.82, 2.24) is 10.2 Å². The van der Waals surface area contributed by atoms with Gasteiger partial charge in [-0.05, 0) is 56.7 Å². The van der Waals surface area contributed by atoms with Gasteiger partial charge in [0.1, 0.15) is 17.7 Å². The number of allylic oxidation sites excluding steroid dienone is 1. The molecule has 250 valence electrons. The maximum Gasteiger partial charge on any atom is 0.313 e. The second-order valence-electron chi connectivity index (χ2n) is 12.8. The first kappa shape index (κ1) is 34.1. The summed E-state index contributed by atoms with van der Waals surface area (Å²) in [6.07, 6.45) is 3.52. The van der Waals surface area contributed by atoms with E-state index >= 15 is 0 Å². The number of carbonyl (C=O) groups is 4. The molecule has 3 amide bonds. The molecule has 0 radical (unpaired) electrons. The van der Waals surface area contributed by atoms with Gasteiger partial charge in [0.25, 0.3) is 5.91 Å². The van der Waals surface area contributed by atoms with Crippen LogP contribution in [-0.2, 0) is 28.7 Å². The molecule has 3 saturated heterocycles. The summed E-state index contributed by atoms with van der Waals surface area (Å²) >= 11 is 0. The fourth-order valence-corrected chi connectivity index (χ4v) is 7.64. The van der Waals surface area contributed by atoms with Crippen molar-refractivity contribution in [1.29, 1.82) is 0 Å². The van der Waals surface area contributed by atoms with Gasteiger partial charge in [-0.3, -0.25) is 19.2 Å². The van der Waals surface area contributed by atoms with Gasteiger partial charge in [0.05, 0.1) is 37.1 Å². The number of carbonyl (C=O) groups excluding carboxylic acids is 4. The van der Waals surface area contributed by atoms with Crippen LogP contribution in [-0.4, -0.2) is 77.2 Å². The van der Waals surface area contributed by atoms with Gasteiger partial charge in [0.15, 0.2) is 0 Å². The Kier molecular flexibility index (Phi) is 10.3. The smallest absolute Gasteiger partial charge is 0.313 e. The number of ether oxygens (including phenoxy) is 2. The van der Waals surface area contributed by atoms with Crippen molar-refractivity contribution in [2.24, 2.45) is 11.8 Å².